The van der Waals surface area contributed by atoms with Crippen molar-refractivity contribution in [3.63, 3.8) is 0 Å². The summed E-state index contributed by atoms with van der Waals surface area (Å²) < 4.78 is 6.58. The molecule has 226 valence electrons. The predicted molar refractivity (Wildman–Crippen MR) is 180 cm³/mol. The average molecular weight is 616 g/mol. The van der Waals surface area contributed by atoms with Gasteiger partial charge in [0, 0.05) is 10.6 Å². The third-order valence-corrected chi connectivity index (χ3v) is 9.09. The molecule has 0 heterocycles. The topological polar surface area (TPSA) is 75.6 Å². The van der Waals surface area contributed by atoms with Gasteiger partial charge in [-0.15, -0.1) is 0 Å². The molecule has 3 aromatic carbocycles. The van der Waals surface area contributed by atoms with Crippen molar-refractivity contribution in [1.82, 2.24) is 5.32 Å². The van der Waals surface area contributed by atoms with Crippen molar-refractivity contribution in [3.8, 4) is 11.1 Å². The number of hydrogen-bond acceptors (Lipinski definition) is 4. The summed E-state index contributed by atoms with van der Waals surface area (Å²) in [6, 6.07) is 20.6. The molecule has 1 amide bonds. The van der Waals surface area contributed by atoms with Crippen molar-refractivity contribution in [3.05, 3.63) is 94.0 Å². The molecule has 0 aliphatic heterocycles. The second kappa shape index (κ2) is 17.9. The van der Waals surface area contributed by atoms with Crippen molar-refractivity contribution in [1.29, 1.82) is 0 Å². The molecule has 1 aliphatic rings. The van der Waals surface area contributed by atoms with Gasteiger partial charge in [-0.3, -0.25) is 4.79 Å². The van der Waals surface area contributed by atoms with Gasteiger partial charge in [-0.1, -0.05) is 86.2 Å². The second-order valence-corrected chi connectivity index (χ2v) is 12.7. The maximum atomic E-state index is 13.4. The summed E-state index contributed by atoms with van der Waals surface area (Å²) in [5, 5.41) is 13.1. The standard InChI is InChI=1S/C35H42ClNO4S.Li.H/c1-24-9-6-7-14-29(24)31-21-26(15-17-30(31)34(38)37-32(35(39)40)19-20-42-2)23-41-33(27-12-8-13-28(36)22-27)18-16-25-10-4-3-5-11-25;;/h6-9,12-15,17,21-22,25,32-33H,3-5,10-11,16,18-20,23H2,1-2H3,(H,37,38)(H,39,40);;. The van der Waals surface area contributed by atoms with E-state index in [1.165, 1.54) is 32.1 Å². The van der Waals surface area contributed by atoms with Crippen LogP contribution < -0.4 is 5.32 Å². The number of hydrogen-bond donors (Lipinski definition) is 2. The summed E-state index contributed by atoms with van der Waals surface area (Å²) in [7, 11) is 0. The van der Waals surface area contributed by atoms with E-state index in [2.05, 4.69) is 11.4 Å². The fraction of sp³-hybridized carbons (Fsp3) is 0.429. The minimum absolute atomic E-state index is 0. The number of nitrogens with one attached hydrogen (secondary N) is 1. The van der Waals surface area contributed by atoms with E-state index in [0.717, 1.165) is 46.6 Å². The van der Waals surface area contributed by atoms with Crippen LogP contribution in [0.5, 0.6) is 0 Å². The minimum atomic E-state index is -1.03. The molecule has 0 bridgehead atoms. The monoisotopic (exact) mass is 615 g/mol. The number of rotatable bonds is 14. The molecule has 0 radical (unpaired) electrons. The van der Waals surface area contributed by atoms with Crippen LogP contribution in [0, 0.1) is 12.8 Å². The number of carbonyl (C=O) groups excluding carboxylic acids is 1. The number of carboxylic acid groups (broad SMARTS) is 1. The molecular weight excluding hydrogens is 573 g/mol. The van der Waals surface area contributed by atoms with Crippen LogP contribution in [0.2, 0.25) is 5.02 Å². The Kier molecular flexibility index (Phi) is 14.7. The van der Waals surface area contributed by atoms with Crippen LogP contribution in [-0.4, -0.2) is 53.9 Å². The van der Waals surface area contributed by atoms with Crippen molar-refractivity contribution in [2.75, 3.05) is 12.0 Å². The van der Waals surface area contributed by atoms with Gasteiger partial charge >= 0.3 is 24.8 Å². The van der Waals surface area contributed by atoms with Crippen molar-refractivity contribution >= 4 is 54.1 Å². The van der Waals surface area contributed by atoms with Crippen LogP contribution >= 0.6 is 23.4 Å². The summed E-state index contributed by atoms with van der Waals surface area (Å²) in [5.74, 6) is -0.0223. The Balaban J connectivity index is 0.00000506. The van der Waals surface area contributed by atoms with Gasteiger partial charge in [0.15, 0.2) is 0 Å². The fourth-order valence-electron chi connectivity index (χ4n) is 5.82. The van der Waals surface area contributed by atoms with Crippen LogP contribution in [0.15, 0.2) is 66.7 Å². The van der Waals surface area contributed by atoms with Crippen LogP contribution in [0.3, 0.4) is 0 Å². The molecule has 1 aliphatic carbocycles. The van der Waals surface area contributed by atoms with Crippen molar-refractivity contribution < 1.29 is 19.4 Å². The Labute approximate surface area is 277 Å². The molecule has 2 unspecified atom stereocenters. The SMILES string of the molecule is CSCCC(NC(=O)c1ccc(COC(CCC2CCCCC2)c2cccc(Cl)c2)cc1-c1ccccc1C)C(=O)O.[LiH]. The maximum absolute atomic E-state index is 13.4. The number of halogens is 1. The fourth-order valence-corrected chi connectivity index (χ4v) is 6.49. The molecule has 1 saturated carbocycles. The summed E-state index contributed by atoms with van der Waals surface area (Å²) in [4.78, 5) is 25.3. The van der Waals surface area contributed by atoms with Crippen LogP contribution in [0.25, 0.3) is 11.1 Å². The number of carbonyl (C=O) groups is 2. The van der Waals surface area contributed by atoms with E-state index in [1.54, 1.807) is 17.8 Å². The Bertz CT molecular complexity index is 1350. The number of aryl methyl sites for hydroxylation is 1. The van der Waals surface area contributed by atoms with Gasteiger partial charge in [0.1, 0.15) is 6.04 Å². The molecule has 0 saturated heterocycles. The van der Waals surface area contributed by atoms with E-state index in [-0.39, 0.29) is 25.0 Å². The quantitative estimate of drug-likeness (QED) is 0.179. The average Bonchev–Trinajstić information content (AvgIpc) is 2.99. The molecule has 1 fully saturated rings. The number of aliphatic carboxylic acids is 1. The van der Waals surface area contributed by atoms with Crippen molar-refractivity contribution in [2.45, 2.75) is 77.0 Å². The molecular formula is C35H43ClLiNO4S. The zero-order valence-electron chi connectivity index (χ0n) is 24.6. The van der Waals surface area contributed by atoms with Gasteiger partial charge in [0.05, 0.1) is 12.7 Å². The van der Waals surface area contributed by atoms with Crippen LogP contribution in [0.1, 0.15) is 84.5 Å². The molecule has 8 heteroatoms. The number of thioether (sulfide) groups is 1. The van der Waals surface area contributed by atoms with E-state index in [1.807, 2.05) is 67.8 Å². The molecule has 2 atom stereocenters. The first-order valence-electron chi connectivity index (χ1n) is 14.9. The van der Waals surface area contributed by atoms with Gasteiger partial charge in [-0.2, -0.15) is 11.8 Å². The van der Waals surface area contributed by atoms with Gasteiger partial charge in [-0.25, -0.2) is 4.79 Å². The Morgan fingerprint density at radius 3 is 2.47 bits per heavy atom. The first-order chi connectivity index (χ1) is 20.4. The third-order valence-electron chi connectivity index (χ3n) is 8.21. The molecule has 43 heavy (non-hydrogen) atoms. The Morgan fingerprint density at radius 2 is 1.77 bits per heavy atom. The van der Waals surface area contributed by atoms with Gasteiger partial charge in [0.2, 0.25) is 0 Å². The van der Waals surface area contributed by atoms with Crippen molar-refractivity contribution in [2.24, 2.45) is 5.92 Å². The Morgan fingerprint density at radius 1 is 1.00 bits per heavy atom. The summed E-state index contributed by atoms with van der Waals surface area (Å²) in [6.45, 7) is 2.40. The molecule has 3 aromatic rings. The second-order valence-electron chi connectivity index (χ2n) is 11.3. The zero-order valence-corrected chi connectivity index (χ0v) is 26.2. The molecule has 4 rings (SSSR count). The number of amides is 1. The summed E-state index contributed by atoms with van der Waals surface area (Å²) in [6.07, 6.45) is 10.8. The number of carboxylic acids is 1. The number of benzene rings is 3. The molecule has 0 aromatic heterocycles. The van der Waals surface area contributed by atoms with Crippen LogP contribution in [-0.2, 0) is 16.1 Å². The molecule has 5 nitrogen and oxygen atoms in total. The predicted octanol–water partition coefficient (Wildman–Crippen LogP) is 8.22. The summed E-state index contributed by atoms with van der Waals surface area (Å²) >= 11 is 7.91. The Hall–Kier alpha value is -2.20. The molecule has 0 spiro atoms. The zero-order chi connectivity index (χ0) is 29.9. The van der Waals surface area contributed by atoms with E-state index in [4.69, 9.17) is 16.3 Å². The van der Waals surface area contributed by atoms with E-state index in [0.29, 0.717) is 29.4 Å². The molecule has 2 N–H and O–H groups in total. The normalized spacial score (nSPS) is 14.9. The van der Waals surface area contributed by atoms with Gasteiger partial charge in [0.25, 0.3) is 5.91 Å². The third kappa shape index (κ3) is 10.4. The van der Waals surface area contributed by atoms with E-state index in [9.17, 15) is 14.7 Å². The van der Waals surface area contributed by atoms with Gasteiger partial charge in [-0.05, 0) is 96.2 Å². The van der Waals surface area contributed by atoms with Crippen LogP contribution in [0.4, 0.5) is 0 Å². The first-order valence-corrected chi connectivity index (χ1v) is 16.7. The number of ether oxygens (including phenoxy) is 1. The van der Waals surface area contributed by atoms with E-state index >= 15 is 0 Å². The first kappa shape index (κ1) is 35.3. The van der Waals surface area contributed by atoms with E-state index < -0.39 is 17.9 Å². The van der Waals surface area contributed by atoms with Gasteiger partial charge < -0.3 is 15.2 Å². The summed E-state index contributed by atoms with van der Waals surface area (Å²) in [5.41, 5.74) is 5.22.